The highest BCUT2D eigenvalue weighted by Crippen LogP contribution is 2.28. The highest BCUT2D eigenvalue weighted by Gasteiger charge is 2.31. The highest BCUT2D eigenvalue weighted by molar-refractivity contribution is 7.99. The van der Waals surface area contributed by atoms with Gasteiger partial charge in [-0.2, -0.15) is 24.9 Å². The standard InChI is InChI=1S/C15H27F3N4OS/c1-4-24-12-7-5-6-11(8-12)21-14(19-2)20-9-13(23)22(3)10-15(16,17)18/h11-12H,4-10H2,1-3H3,(H2,19,20,21). The number of likely N-dealkylation sites (N-methyl/N-ethyl adjacent to an activating group) is 1. The number of carbonyl (C=O) groups excluding carboxylic acids is 1. The molecule has 0 aromatic heterocycles. The normalized spacial score (nSPS) is 22.2. The average Bonchev–Trinajstić information content (AvgIpc) is 2.50. The van der Waals surface area contributed by atoms with Gasteiger partial charge in [-0.05, 0) is 25.0 Å². The first-order chi connectivity index (χ1) is 11.2. The predicted molar refractivity (Wildman–Crippen MR) is 92.4 cm³/mol. The lowest BCUT2D eigenvalue weighted by atomic mass is 9.95. The molecule has 0 aromatic carbocycles. The van der Waals surface area contributed by atoms with Crippen molar-refractivity contribution in [1.29, 1.82) is 0 Å². The van der Waals surface area contributed by atoms with E-state index in [1.54, 1.807) is 7.05 Å². The van der Waals surface area contributed by atoms with Crippen molar-refractivity contribution in [3.05, 3.63) is 0 Å². The Morgan fingerprint density at radius 1 is 1.38 bits per heavy atom. The molecule has 1 amide bonds. The second-order valence-electron chi connectivity index (χ2n) is 5.88. The number of amides is 1. The zero-order valence-electron chi connectivity index (χ0n) is 14.4. The van der Waals surface area contributed by atoms with Crippen LogP contribution in [-0.2, 0) is 4.79 Å². The fourth-order valence-corrected chi connectivity index (χ4v) is 3.88. The summed E-state index contributed by atoms with van der Waals surface area (Å²) in [5.41, 5.74) is 0. The molecule has 1 saturated carbocycles. The second kappa shape index (κ2) is 10.0. The van der Waals surface area contributed by atoms with E-state index in [-0.39, 0.29) is 12.6 Å². The van der Waals surface area contributed by atoms with E-state index < -0.39 is 18.6 Å². The minimum atomic E-state index is -4.39. The van der Waals surface area contributed by atoms with Gasteiger partial charge in [-0.15, -0.1) is 0 Å². The van der Waals surface area contributed by atoms with Crippen molar-refractivity contribution in [1.82, 2.24) is 15.5 Å². The SMILES string of the molecule is CCSC1CCCC(NC(=NC)NCC(=O)N(C)CC(F)(F)F)C1. The minimum Gasteiger partial charge on any atom is -0.354 e. The van der Waals surface area contributed by atoms with Gasteiger partial charge in [-0.1, -0.05) is 13.3 Å². The number of guanidine groups is 1. The van der Waals surface area contributed by atoms with Crippen molar-refractivity contribution in [2.75, 3.05) is 32.9 Å². The number of hydrogen-bond donors (Lipinski definition) is 2. The minimum absolute atomic E-state index is 0.216. The maximum absolute atomic E-state index is 12.3. The Morgan fingerprint density at radius 2 is 2.08 bits per heavy atom. The molecule has 0 heterocycles. The van der Waals surface area contributed by atoms with E-state index in [9.17, 15) is 18.0 Å². The molecule has 0 bridgehead atoms. The maximum atomic E-state index is 12.3. The van der Waals surface area contributed by atoms with Gasteiger partial charge in [0.15, 0.2) is 5.96 Å². The van der Waals surface area contributed by atoms with Gasteiger partial charge in [-0.3, -0.25) is 9.79 Å². The van der Waals surface area contributed by atoms with E-state index in [0.29, 0.717) is 16.1 Å². The lowest BCUT2D eigenvalue weighted by molar-refractivity contribution is -0.157. The number of hydrogen-bond acceptors (Lipinski definition) is 3. The summed E-state index contributed by atoms with van der Waals surface area (Å²) in [6.45, 7) is 0.676. The van der Waals surface area contributed by atoms with Crippen LogP contribution in [0.15, 0.2) is 4.99 Å². The van der Waals surface area contributed by atoms with Crippen LogP contribution in [0, 0.1) is 0 Å². The van der Waals surface area contributed by atoms with E-state index in [4.69, 9.17) is 0 Å². The molecule has 1 fully saturated rings. The predicted octanol–water partition coefficient (Wildman–Crippen LogP) is 2.24. The van der Waals surface area contributed by atoms with E-state index in [2.05, 4.69) is 22.5 Å². The van der Waals surface area contributed by atoms with Gasteiger partial charge in [0, 0.05) is 25.4 Å². The van der Waals surface area contributed by atoms with Crippen LogP contribution < -0.4 is 10.6 Å². The molecular weight excluding hydrogens is 341 g/mol. The number of rotatable bonds is 6. The Bertz CT molecular complexity index is 429. The topological polar surface area (TPSA) is 56.7 Å². The molecule has 24 heavy (non-hydrogen) atoms. The van der Waals surface area contributed by atoms with Crippen molar-refractivity contribution < 1.29 is 18.0 Å². The number of carbonyl (C=O) groups is 1. The molecule has 2 N–H and O–H groups in total. The third kappa shape index (κ3) is 8.12. The molecule has 1 rings (SSSR count). The van der Waals surface area contributed by atoms with Gasteiger partial charge in [0.25, 0.3) is 0 Å². The first-order valence-corrected chi connectivity index (χ1v) is 9.19. The Kier molecular flexibility index (Phi) is 8.72. The fourth-order valence-electron chi connectivity index (χ4n) is 2.70. The quantitative estimate of drug-likeness (QED) is 0.558. The highest BCUT2D eigenvalue weighted by atomic mass is 32.2. The van der Waals surface area contributed by atoms with E-state index >= 15 is 0 Å². The van der Waals surface area contributed by atoms with Crippen LogP contribution >= 0.6 is 11.8 Å². The van der Waals surface area contributed by atoms with Gasteiger partial charge < -0.3 is 15.5 Å². The molecule has 0 saturated heterocycles. The third-order valence-electron chi connectivity index (χ3n) is 3.84. The van der Waals surface area contributed by atoms with Crippen LogP contribution in [0.2, 0.25) is 0 Å². The summed E-state index contributed by atoms with van der Waals surface area (Å²) >= 11 is 1.95. The average molecular weight is 368 g/mol. The largest absolute Gasteiger partial charge is 0.406 e. The summed E-state index contributed by atoms with van der Waals surface area (Å²) in [6, 6.07) is 0.275. The molecular formula is C15H27F3N4OS. The van der Waals surface area contributed by atoms with Crippen LogP contribution in [0.5, 0.6) is 0 Å². The summed E-state index contributed by atoms with van der Waals surface area (Å²) in [4.78, 5) is 16.5. The van der Waals surface area contributed by atoms with Gasteiger partial charge in [-0.25, -0.2) is 0 Å². The number of aliphatic imine (C=N–C) groups is 1. The molecule has 5 nitrogen and oxygen atoms in total. The summed E-state index contributed by atoms with van der Waals surface area (Å²) in [5, 5.41) is 6.70. The number of halogens is 3. The summed E-state index contributed by atoms with van der Waals surface area (Å²) < 4.78 is 36.9. The Hall–Kier alpha value is -1.12. The van der Waals surface area contributed by atoms with Crippen molar-refractivity contribution >= 4 is 23.6 Å². The van der Waals surface area contributed by atoms with Crippen LogP contribution in [0.25, 0.3) is 0 Å². The van der Waals surface area contributed by atoms with E-state index in [1.165, 1.54) is 6.42 Å². The molecule has 9 heteroatoms. The number of thioether (sulfide) groups is 1. The molecule has 1 aliphatic rings. The fraction of sp³-hybridized carbons (Fsp3) is 0.867. The monoisotopic (exact) mass is 368 g/mol. The van der Waals surface area contributed by atoms with Gasteiger partial charge in [0.2, 0.25) is 5.91 Å². The van der Waals surface area contributed by atoms with Crippen LogP contribution in [0.3, 0.4) is 0 Å². The first kappa shape index (κ1) is 20.9. The maximum Gasteiger partial charge on any atom is 0.406 e. The molecule has 2 unspecified atom stereocenters. The molecule has 0 aliphatic heterocycles. The van der Waals surface area contributed by atoms with Crippen LogP contribution in [0.1, 0.15) is 32.6 Å². The molecule has 2 atom stereocenters. The van der Waals surface area contributed by atoms with Gasteiger partial charge in [0.1, 0.15) is 6.54 Å². The summed E-state index contributed by atoms with van der Waals surface area (Å²) in [7, 11) is 2.72. The molecule has 0 radical (unpaired) electrons. The van der Waals surface area contributed by atoms with Crippen molar-refractivity contribution in [3.63, 3.8) is 0 Å². The number of nitrogens with zero attached hydrogens (tertiary/aromatic N) is 2. The van der Waals surface area contributed by atoms with Crippen molar-refractivity contribution in [2.24, 2.45) is 4.99 Å². The number of nitrogens with one attached hydrogen (secondary N) is 2. The summed E-state index contributed by atoms with van der Waals surface area (Å²) in [6.07, 6.45) is 0.0198. The molecule has 0 aromatic rings. The lowest BCUT2D eigenvalue weighted by Crippen LogP contribution is -2.49. The first-order valence-electron chi connectivity index (χ1n) is 8.14. The van der Waals surface area contributed by atoms with Gasteiger partial charge >= 0.3 is 6.18 Å². The molecule has 1 aliphatic carbocycles. The Balaban J connectivity index is 2.41. The zero-order valence-corrected chi connectivity index (χ0v) is 15.3. The van der Waals surface area contributed by atoms with Crippen LogP contribution in [-0.4, -0.2) is 67.2 Å². The molecule has 140 valence electrons. The number of alkyl halides is 3. The van der Waals surface area contributed by atoms with E-state index in [0.717, 1.165) is 32.1 Å². The molecule has 0 spiro atoms. The van der Waals surface area contributed by atoms with Gasteiger partial charge in [0.05, 0.1) is 6.54 Å². The smallest absolute Gasteiger partial charge is 0.354 e. The lowest BCUT2D eigenvalue weighted by Gasteiger charge is -2.30. The zero-order chi connectivity index (χ0) is 18.2. The Labute approximate surface area is 145 Å². The summed E-state index contributed by atoms with van der Waals surface area (Å²) in [5.74, 6) is 0.916. The van der Waals surface area contributed by atoms with Crippen LogP contribution in [0.4, 0.5) is 13.2 Å². The van der Waals surface area contributed by atoms with Crippen molar-refractivity contribution in [3.8, 4) is 0 Å². The third-order valence-corrected chi connectivity index (χ3v) is 5.08. The second-order valence-corrected chi connectivity index (χ2v) is 7.45. The van der Waals surface area contributed by atoms with E-state index in [1.807, 2.05) is 11.8 Å². The Morgan fingerprint density at radius 3 is 2.67 bits per heavy atom. The van der Waals surface area contributed by atoms with Crippen molar-refractivity contribution in [2.45, 2.75) is 50.1 Å².